The Kier molecular flexibility index (Phi) is 7.04. The fourth-order valence-corrected chi connectivity index (χ4v) is 5.31. The number of aliphatic imine (C=N–C) groups is 1. The van der Waals surface area contributed by atoms with Crippen LogP contribution >= 0.6 is 11.3 Å². The van der Waals surface area contributed by atoms with Gasteiger partial charge in [0.25, 0.3) is 0 Å². The number of hydrogen-bond acceptors (Lipinski definition) is 4. The normalized spacial score (nSPS) is 18.4. The molecule has 4 rings (SSSR count). The van der Waals surface area contributed by atoms with E-state index in [0.29, 0.717) is 0 Å². The molecular formula is C23H33N5S. The zero-order valence-electron chi connectivity index (χ0n) is 17.5. The predicted octanol–water partition coefficient (Wildman–Crippen LogP) is 3.82. The Labute approximate surface area is 178 Å². The zero-order chi connectivity index (χ0) is 19.9. The lowest BCUT2D eigenvalue weighted by molar-refractivity contribution is 0.259. The molecule has 1 N–H and O–H groups in total. The van der Waals surface area contributed by atoms with Gasteiger partial charge in [-0.05, 0) is 43.6 Å². The molecule has 2 aliphatic heterocycles. The van der Waals surface area contributed by atoms with E-state index in [9.17, 15) is 0 Å². The van der Waals surface area contributed by atoms with Crippen LogP contribution in [0.1, 0.15) is 36.9 Å². The molecule has 0 radical (unpaired) electrons. The highest BCUT2D eigenvalue weighted by atomic mass is 32.1. The molecule has 0 unspecified atom stereocenters. The quantitative estimate of drug-likeness (QED) is 0.580. The maximum atomic E-state index is 4.83. The Balaban J connectivity index is 1.20. The minimum Gasteiger partial charge on any atom is -0.356 e. The average molecular weight is 412 g/mol. The van der Waals surface area contributed by atoms with Crippen molar-refractivity contribution in [1.82, 2.24) is 15.2 Å². The summed E-state index contributed by atoms with van der Waals surface area (Å²) >= 11 is 1.79. The van der Waals surface area contributed by atoms with Crippen LogP contribution in [0.3, 0.4) is 0 Å². The largest absolute Gasteiger partial charge is 0.356 e. The van der Waals surface area contributed by atoms with Crippen molar-refractivity contribution < 1.29 is 0 Å². The molecule has 1 aromatic heterocycles. The minimum atomic E-state index is 0.783. The van der Waals surface area contributed by atoms with Gasteiger partial charge in [-0.2, -0.15) is 0 Å². The standard InChI is InChI=1S/C23H33N5S/c1-24-22(25-12-9-21-18-29-23(26-21)28-13-5-6-14-28)27-15-10-20(11-16-27)17-19-7-3-2-4-8-19/h2-4,7-8,18,20H,5-6,9-17H2,1H3,(H,24,25). The van der Waals surface area contributed by atoms with Gasteiger partial charge in [0.05, 0.1) is 5.69 Å². The first kappa shape index (κ1) is 20.2. The molecule has 2 fully saturated rings. The number of nitrogens with one attached hydrogen (secondary N) is 1. The topological polar surface area (TPSA) is 43.8 Å². The van der Waals surface area contributed by atoms with Crippen molar-refractivity contribution in [2.45, 2.75) is 38.5 Å². The van der Waals surface area contributed by atoms with Crippen LogP contribution in [0.25, 0.3) is 0 Å². The highest BCUT2D eigenvalue weighted by Gasteiger charge is 2.21. The van der Waals surface area contributed by atoms with Gasteiger partial charge in [0.2, 0.25) is 0 Å². The van der Waals surface area contributed by atoms with E-state index in [1.165, 1.54) is 48.5 Å². The van der Waals surface area contributed by atoms with Gasteiger partial charge < -0.3 is 15.1 Å². The molecule has 2 aromatic rings. The number of guanidine groups is 1. The van der Waals surface area contributed by atoms with Gasteiger partial charge >= 0.3 is 0 Å². The molecule has 29 heavy (non-hydrogen) atoms. The number of thiazole rings is 1. The fraction of sp³-hybridized carbons (Fsp3) is 0.565. The van der Waals surface area contributed by atoms with Crippen molar-refractivity contribution in [3.8, 4) is 0 Å². The van der Waals surface area contributed by atoms with Crippen molar-refractivity contribution >= 4 is 22.4 Å². The SMILES string of the molecule is CN=C(NCCc1csc(N2CCCC2)n1)N1CCC(Cc2ccccc2)CC1. The average Bonchev–Trinajstić information content (AvgIpc) is 3.45. The monoisotopic (exact) mass is 411 g/mol. The van der Waals surface area contributed by atoms with Gasteiger partial charge in [0.15, 0.2) is 11.1 Å². The number of likely N-dealkylation sites (tertiary alicyclic amines) is 1. The lowest BCUT2D eigenvalue weighted by Crippen LogP contribution is -2.46. The molecule has 0 spiro atoms. The van der Waals surface area contributed by atoms with E-state index in [-0.39, 0.29) is 0 Å². The number of piperidine rings is 1. The van der Waals surface area contributed by atoms with E-state index in [2.05, 4.69) is 55.8 Å². The van der Waals surface area contributed by atoms with Crippen molar-refractivity contribution in [2.75, 3.05) is 44.7 Å². The number of nitrogens with zero attached hydrogens (tertiary/aromatic N) is 4. The van der Waals surface area contributed by atoms with E-state index in [1.807, 2.05) is 7.05 Å². The Bertz CT molecular complexity index is 774. The number of aromatic nitrogens is 1. The smallest absolute Gasteiger partial charge is 0.193 e. The molecular weight excluding hydrogens is 378 g/mol. The van der Waals surface area contributed by atoms with Crippen LogP contribution in [0.15, 0.2) is 40.7 Å². The van der Waals surface area contributed by atoms with E-state index in [0.717, 1.165) is 51.0 Å². The molecule has 0 bridgehead atoms. The summed E-state index contributed by atoms with van der Waals surface area (Å²) in [7, 11) is 1.90. The van der Waals surface area contributed by atoms with Gasteiger partial charge in [0.1, 0.15) is 0 Å². The Morgan fingerprint density at radius 1 is 1.14 bits per heavy atom. The summed E-state index contributed by atoms with van der Waals surface area (Å²) in [5.41, 5.74) is 2.66. The molecule has 6 heteroatoms. The maximum Gasteiger partial charge on any atom is 0.193 e. The second kappa shape index (κ2) is 10.1. The summed E-state index contributed by atoms with van der Waals surface area (Å²) in [5.74, 6) is 1.82. The zero-order valence-corrected chi connectivity index (χ0v) is 18.3. The van der Waals surface area contributed by atoms with Crippen molar-refractivity contribution in [1.29, 1.82) is 0 Å². The maximum absolute atomic E-state index is 4.83. The van der Waals surface area contributed by atoms with Gasteiger partial charge in [-0.3, -0.25) is 4.99 Å². The van der Waals surface area contributed by atoms with Crippen LogP contribution < -0.4 is 10.2 Å². The molecule has 156 valence electrons. The van der Waals surface area contributed by atoms with Crippen LogP contribution in [-0.2, 0) is 12.8 Å². The van der Waals surface area contributed by atoms with Crippen LogP contribution in [0, 0.1) is 5.92 Å². The van der Waals surface area contributed by atoms with Crippen molar-refractivity contribution in [3.63, 3.8) is 0 Å². The molecule has 3 heterocycles. The summed E-state index contributed by atoms with van der Waals surface area (Å²) in [5, 5.41) is 6.97. The number of rotatable bonds is 6. The lowest BCUT2D eigenvalue weighted by Gasteiger charge is -2.34. The summed E-state index contributed by atoms with van der Waals surface area (Å²) in [6.07, 6.45) is 7.23. The van der Waals surface area contributed by atoms with Gasteiger partial charge in [-0.15, -0.1) is 11.3 Å². The predicted molar refractivity (Wildman–Crippen MR) is 123 cm³/mol. The van der Waals surface area contributed by atoms with Gasteiger partial charge in [0, 0.05) is 51.6 Å². The number of anilines is 1. The van der Waals surface area contributed by atoms with Crippen molar-refractivity contribution in [2.24, 2.45) is 10.9 Å². The summed E-state index contributed by atoms with van der Waals surface area (Å²) in [4.78, 5) is 14.2. The molecule has 2 aliphatic rings. The number of benzene rings is 1. The molecule has 1 aromatic carbocycles. The Morgan fingerprint density at radius 3 is 2.62 bits per heavy atom. The van der Waals surface area contributed by atoms with Crippen LogP contribution in [0.5, 0.6) is 0 Å². The van der Waals surface area contributed by atoms with E-state index in [4.69, 9.17) is 4.98 Å². The first-order chi connectivity index (χ1) is 14.3. The first-order valence-corrected chi connectivity index (χ1v) is 11.9. The summed E-state index contributed by atoms with van der Waals surface area (Å²) in [6.45, 7) is 5.40. The lowest BCUT2D eigenvalue weighted by atomic mass is 9.90. The van der Waals surface area contributed by atoms with Crippen LogP contribution in [0.2, 0.25) is 0 Å². The molecule has 5 nitrogen and oxygen atoms in total. The number of hydrogen-bond donors (Lipinski definition) is 1. The molecule has 0 atom stereocenters. The molecule has 0 aliphatic carbocycles. The third-order valence-corrected chi connectivity index (χ3v) is 7.02. The van der Waals surface area contributed by atoms with E-state index < -0.39 is 0 Å². The van der Waals surface area contributed by atoms with E-state index >= 15 is 0 Å². The first-order valence-electron chi connectivity index (χ1n) is 11.0. The van der Waals surface area contributed by atoms with Crippen LogP contribution in [0.4, 0.5) is 5.13 Å². The summed E-state index contributed by atoms with van der Waals surface area (Å²) < 4.78 is 0. The summed E-state index contributed by atoms with van der Waals surface area (Å²) in [6, 6.07) is 10.9. The minimum absolute atomic E-state index is 0.783. The van der Waals surface area contributed by atoms with Crippen LogP contribution in [-0.4, -0.2) is 55.6 Å². The third-order valence-electron chi connectivity index (χ3n) is 6.07. The molecule has 2 saturated heterocycles. The second-order valence-corrected chi connectivity index (χ2v) is 9.00. The third kappa shape index (κ3) is 5.50. The van der Waals surface area contributed by atoms with Gasteiger partial charge in [-0.25, -0.2) is 4.98 Å². The molecule has 0 saturated carbocycles. The van der Waals surface area contributed by atoms with Gasteiger partial charge in [-0.1, -0.05) is 30.3 Å². The highest BCUT2D eigenvalue weighted by molar-refractivity contribution is 7.13. The second-order valence-electron chi connectivity index (χ2n) is 8.16. The fourth-order valence-electron chi connectivity index (χ4n) is 4.40. The van der Waals surface area contributed by atoms with Crippen molar-refractivity contribution in [3.05, 3.63) is 47.0 Å². The highest BCUT2D eigenvalue weighted by Crippen LogP contribution is 2.24. The van der Waals surface area contributed by atoms with E-state index in [1.54, 1.807) is 11.3 Å². The molecule has 0 amide bonds. The Hall–Kier alpha value is -2.08. The Morgan fingerprint density at radius 2 is 1.90 bits per heavy atom.